The van der Waals surface area contributed by atoms with Gasteiger partial charge in [0.2, 0.25) is 27.7 Å². The third-order valence-corrected chi connectivity index (χ3v) is 11.4. The van der Waals surface area contributed by atoms with E-state index in [0.717, 1.165) is 38.7 Å². The van der Waals surface area contributed by atoms with Crippen molar-refractivity contribution in [2.75, 3.05) is 10.2 Å². The lowest BCUT2D eigenvalue weighted by Gasteiger charge is -2.30. The van der Waals surface area contributed by atoms with Gasteiger partial charge in [-0.1, -0.05) is 68.9 Å². The van der Waals surface area contributed by atoms with Gasteiger partial charge in [0.05, 0.1) is 21.5 Å². The smallest absolute Gasteiger partial charge is 0.308 e. The summed E-state index contributed by atoms with van der Waals surface area (Å²) >= 11 is 5.54. The van der Waals surface area contributed by atoms with E-state index in [4.69, 9.17) is 5.14 Å². The van der Waals surface area contributed by atoms with Gasteiger partial charge in [-0.25, -0.2) is 18.5 Å². The Morgan fingerprint density at radius 1 is 0.953 bits per heavy atom. The summed E-state index contributed by atoms with van der Waals surface area (Å²) in [6.45, 7) is 1.58. The highest BCUT2D eigenvalue weighted by Crippen LogP contribution is 2.54. The summed E-state index contributed by atoms with van der Waals surface area (Å²) < 4.78 is 25.2. The Labute approximate surface area is 263 Å². The molecule has 1 aromatic heterocycles. The number of hydrogen-bond donors (Lipinski definition) is 2. The number of carbonyl (C=O) groups is 3. The van der Waals surface area contributed by atoms with E-state index in [1.54, 1.807) is 12.1 Å². The van der Waals surface area contributed by atoms with Crippen molar-refractivity contribution < 1.29 is 22.8 Å². The second-order valence-corrected chi connectivity index (χ2v) is 14.8. The Hall–Kier alpha value is -3.56. The zero-order valence-electron chi connectivity index (χ0n) is 22.4. The van der Waals surface area contributed by atoms with Crippen molar-refractivity contribution >= 4 is 78.1 Å². The van der Waals surface area contributed by atoms with Gasteiger partial charge in [0.25, 0.3) is 0 Å². The third kappa shape index (κ3) is 5.49. The van der Waals surface area contributed by atoms with Crippen molar-refractivity contribution in [2.24, 2.45) is 11.1 Å². The van der Waals surface area contributed by atoms with E-state index in [2.05, 4.69) is 21.2 Å². The van der Waals surface area contributed by atoms with Crippen LogP contribution in [0.25, 0.3) is 0 Å². The molecule has 2 aliphatic rings. The van der Waals surface area contributed by atoms with Crippen LogP contribution in [0.3, 0.4) is 0 Å². The zero-order chi connectivity index (χ0) is 30.6. The maximum absolute atomic E-state index is 13.9. The lowest BCUT2D eigenvalue weighted by atomic mass is 9.83. The summed E-state index contributed by atoms with van der Waals surface area (Å²) in [5, 5.41) is 7.47. The second-order valence-electron chi connectivity index (χ2n) is 10.2. The number of fused-ring (bicyclic) bond motifs is 2. The Morgan fingerprint density at radius 2 is 1.60 bits per heavy atom. The number of nitrogens with one attached hydrogen (secondary N) is 1. The molecule has 3 aromatic carbocycles. The Morgan fingerprint density at radius 3 is 2.23 bits per heavy atom. The molecule has 3 N–H and O–H groups in total. The molecule has 3 heterocycles. The van der Waals surface area contributed by atoms with Crippen LogP contribution in [0.15, 0.2) is 92.0 Å². The van der Waals surface area contributed by atoms with Crippen LogP contribution in [-0.2, 0) is 31.0 Å². The Kier molecular flexibility index (Phi) is 7.67. The van der Waals surface area contributed by atoms with Gasteiger partial charge in [-0.3, -0.25) is 23.7 Å². The number of primary sulfonamides is 1. The SMILES string of the molecule is Cc1ccc(N2C(=O)C3Sc4c(sc(=O)n4CC(=O)Nc4ccc(S(N)(=O)=O)cc4)C(c4ccc(Br)cc4)C3C2=O)cc1. The van der Waals surface area contributed by atoms with E-state index >= 15 is 0 Å². The van der Waals surface area contributed by atoms with E-state index < -0.39 is 37.9 Å². The number of halogens is 1. The normalized spacial score (nSPS) is 19.7. The van der Waals surface area contributed by atoms with Crippen LogP contribution >= 0.6 is 39.0 Å². The molecule has 3 unspecified atom stereocenters. The summed E-state index contributed by atoms with van der Waals surface area (Å²) in [6.07, 6.45) is 0. The van der Waals surface area contributed by atoms with E-state index in [1.807, 2.05) is 43.3 Å². The third-order valence-electron chi connectivity index (χ3n) is 7.34. The first-order valence-electron chi connectivity index (χ1n) is 12.9. The monoisotopic (exact) mass is 698 g/mol. The lowest BCUT2D eigenvalue weighted by Crippen LogP contribution is -2.33. The molecule has 220 valence electrons. The summed E-state index contributed by atoms with van der Waals surface area (Å²) in [7, 11) is -3.89. The molecule has 14 heteroatoms. The predicted molar refractivity (Wildman–Crippen MR) is 168 cm³/mol. The molecule has 3 atom stereocenters. The maximum atomic E-state index is 13.9. The molecule has 0 aliphatic carbocycles. The molecule has 1 fully saturated rings. The predicted octanol–water partition coefficient (Wildman–Crippen LogP) is 4.06. The van der Waals surface area contributed by atoms with Gasteiger partial charge in [-0.2, -0.15) is 0 Å². The molecule has 43 heavy (non-hydrogen) atoms. The zero-order valence-corrected chi connectivity index (χ0v) is 26.4. The molecule has 10 nitrogen and oxygen atoms in total. The minimum Gasteiger partial charge on any atom is -0.325 e. The standard InChI is InChI=1S/C29H23BrN4O6S3/c1-15-2-10-19(11-3-15)34-26(36)23-22(16-4-6-17(30)7-5-16)25-28(41-24(23)27(34)37)33(29(38)42-25)14-21(35)32-18-8-12-20(13-9-18)43(31,39)40/h2-13,22-24H,14H2,1H3,(H,32,35)(H2,31,39,40). The van der Waals surface area contributed by atoms with Gasteiger partial charge in [0, 0.05) is 21.0 Å². The first-order valence-corrected chi connectivity index (χ1v) is 17.0. The van der Waals surface area contributed by atoms with Crippen LogP contribution in [-0.4, -0.2) is 36.0 Å². The molecule has 6 rings (SSSR count). The fourth-order valence-electron chi connectivity index (χ4n) is 5.30. The molecule has 1 saturated heterocycles. The van der Waals surface area contributed by atoms with Gasteiger partial charge in [-0.15, -0.1) is 0 Å². The number of hydrogen-bond acceptors (Lipinski definition) is 8. The van der Waals surface area contributed by atoms with Gasteiger partial charge in [-0.05, 0) is 61.0 Å². The molecule has 0 saturated carbocycles. The van der Waals surface area contributed by atoms with E-state index in [-0.39, 0.29) is 23.3 Å². The number of rotatable bonds is 6. The van der Waals surface area contributed by atoms with E-state index in [0.29, 0.717) is 21.3 Å². The number of anilines is 2. The number of benzene rings is 3. The number of sulfonamides is 1. The van der Waals surface area contributed by atoms with Gasteiger partial charge in [0.1, 0.15) is 11.8 Å². The molecule has 2 aliphatic heterocycles. The molecule has 0 bridgehead atoms. The first kappa shape index (κ1) is 29.5. The summed E-state index contributed by atoms with van der Waals surface area (Å²) in [4.78, 5) is 55.5. The van der Waals surface area contributed by atoms with Gasteiger partial charge in [0.15, 0.2) is 0 Å². The average molecular weight is 700 g/mol. The van der Waals surface area contributed by atoms with Crippen LogP contribution in [0.1, 0.15) is 21.9 Å². The van der Waals surface area contributed by atoms with Crippen molar-refractivity contribution in [3.05, 3.63) is 103 Å². The van der Waals surface area contributed by atoms with Crippen molar-refractivity contribution in [3.8, 4) is 0 Å². The first-order chi connectivity index (χ1) is 20.4. The number of imide groups is 1. The Balaban J connectivity index is 1.36. The average Bonchev–Trinajstić information content (AvgIpc) is 3.40. The number of nitrogens with two attached hydrogens (primary N) is 1. The van der Waals surface area contributed by atoms with Crippen LogP contribution in [0.5, 0.6) is 0 Å². The largest absolute Gasteiger partial charge is 0.325 e. The number of thiazole rings is 1. The van der Waals surface area contributed by atoms with Crippen molar-refractivity contribution in [1.82, 2.24) is 4.57 Å². The highest BCUT2D eigenvalue weighted by atomic mass is 79.9. The van der Waals surface area contributed by atoms with Crippen LogP contribution in [0.4, 0.5) is 11.4 Å². The highest BCUT2D eigenvalue weighted by molar-refractivity contribution is 9.10. The Bertz CT molecular complexity index is 1940. The number of amides is 3. The van der Waals surface area contributed by atoms with Crippen LogP contribution in [0, 0.1) is 12.8 Å². The highest BCUT2D eigenvalue weighted by Gasteiger charge is 2.56. The van der Waals surface area contributed by atoms with Gasteiger partial charge >= 0.3 is 4.87 Å². The summed E-state index contributed by atoms with van der Waals surface area (Å²) in [6, 6.07) is 19.9. The maximum Gasteiger partial charge on any atom is 0.308 e. The molecule has 0 spiro atoms. The van der Waals surface area contributed by atoms with Crippen molar-refractivity contribution in [3.63, 3.8) is 0 Å². The van der Waals surface area contributed by atoms with Crippen molar-refractivity contribution in [2.45, 2.75) is 34.6 Å². The minimum atomic E-state index is -3.89. The fourth-order valence-corrected chi connectivity index (χ4v) is 8.86. The molecule has 0 radical (unpaired) electrons. The minimum absolute atomic E-state index is 0.103. The van der Waals surface area contributed by atoms with E-state index in [9.17, 15) is 27.6 Å². The molecular weight excluding hydrogens is 676 g/mol. The van der Waals surface area contributed by atoms with Crippen LogP contribution in [0.2, 0.25) is 0 Å². The second kappa shape index (κ2) is 11.2. The molecule has 4 aromatic rings. The lowest BCUT2D eigenvalue weighted by molar-refractivity contribution is -0.122. The summed E-state index contributed by atoms with van der Waals surface area (Å²) in [5.41, 5.74) is 2.57. The number of carbonyl (C=O) groups excluding carboxylic acids is 3. The number of aryl methyl sites for hydroxylation is 1. The number of aromatic nitrogens is 1. The van der Waals surface area contributed by atoms with Crippen LogP contribution < -0.4 is 20.2 Å². The summed E-state index contributed by atoms with van der Waals surface area (Å²) in [5.74, 6) is -2.55. The quantitative estimate of drug-likeness (QED) is 0.289. The molecular formula is C29H23BrN4O6S3. The van der Waals surface area contributed by atoms with Crippen molar-refractivity contribution in [1.29, 1.82) is 0 Å². The topological polar surface area (TPSA) is 149 Å². The van der Waals surface area contributed by atoms with Gasteiger partial charge < -0.3 is 5.32 Å². The number of thioether (sulfide) groups is 1. The number of nitrogens with zero attached hydrogens (tertiary/aromatic N) is 2. The fraction of sp³-hybridized carbons (Fsp3) is 0.172. The van der Waals surface area contributed by atoms with E-state index in [1.165, 1.54) is 33.7 Å². The molecule has 3 amide bonds.